The fourth-order valence-electron chi connectivity index (χ4n) is 3.18. The number of methoxy groups -OCH3 is 1. The quantitative estimate of drug-likeness (QED) is 0.727. The largest absolute Gasteiger partial charge is 0.377 e. The van der Waals surface area contributed by atoms with E-state index in [4.69, 9.17) is 4.74 Å². The van der Waals surface area contributed by atoms with Gasteiger partial charge in [-0.15, -0.1) is 0 Å². The smallest absolute Gasteiger partial charge is 0.0828 e. The zero-order valence-electron chi connectivity index (χ0n) is 14.8. The first-order chi connectivity index (χ1) is 10.0. The maximum atomic E-state index is 5.98. The van der Waals surface area contributed by atoms with E-state index >= 15 is 0 Å². The van der Waals surface area contributed by atoms with Crippen LogP contribution in [0.1, 0.15) is 56.7 Å². The van der Waals surface area contributed by atoms with E-state index in [0.29, 0.717) is 6.04 Å². The first-order valence-corrected chi connectivity index (χ1v) is 8.37. The van der Waals surface area contributed by atoms with E-state index < -0.39 is 0 Å². The van der Waals surface area contributed by atoms with Crippen LogP contribution < -0.4 is 5.32 Å². The maximum absolute atomic E-state index is 5.98. The molecule has 0 heterocycles. The van der Waals surface area contributed by atoms with Gasteiger partial charge in [0.25, 0.3) is 0 Å². The molecule has 2 nitrogen and oxygen atoms in total. The highest BCUT2D eigenvalue weighted by Gasteiger charge is 2.35. The second-order valence-corrected chi connectivity index (χ2v) is 6.12. The molecule has 0 fully saturated rings. The van der Waals surface area contributed by atoms with Crippen LogP contribution in [0, 0.1) is 13.8 Å². The number of nitrogens with one attached hydrogen (secondary N) is 1. The Bertz CT molecular complexity index is 415. The predicted octanol–water partition coefficient (Wildman–Crippen LogP) is 4.42. The number of rotatable bonds is 9. The van der Waals surface area contributed by atoms with Crippen LogP contribution in [0.4, 0.5) is 0 Å². The highest BCUT2D eigenvalue weighted by molar-refractivity contribution is 5.31. The summed E-state index contributed by atoms with van der Waals surface area (Å²) in [6.07, 6.45) is 4.25. The Kier molecular flexibility index (Phi) is 7.41. The number of hydrogen-bond donors (Lipinski definition) is 1. The molecule has 0 aliphatic rings. The molecule has 1 aromatic carbocycles. The van der Waals surface area contributed by atoms with Crippen molar-refractivity contribution in [3.05, 3.63) is 34.9 Å². The second-order valence-electron chi connectivity index (χ2n) is 6.12. The van der Waals surface area contributed by atoms with Crippen molar-refractivity contribution in [1.29, 1.82) is 0 Å². The van der Waals surface area contributed by atoms with E-state index in [1.54, 1.807) is 0 Å². The molecule has 1 aromatic rings. The fraction of sp³-hybridized carbons (Fsp3) is 0.684. The summed E-state index contributed by atoms with van der Waals surface area (Å²) in [5.74, 6) is 0. The average molecular weight is 291 g/mol. The van der Waals surface area contributed by atoms with Gasteiger partial charge < -0.3 is 10.1 Å². The van der Waals surface area contributed by atoms with Crippen LogP contribution in [-0.4, -0.2) is 25.3 Å². The monoisotopic (exact) mass is 291 g/mol. The van der Waals surface area contributed by atoms with Crippen LogP contribution in [0.5, 0.6) is 0 Å². The number of aryl methyl sites for hydroxylation is 2. The lowest BCUT2D eigenvalue weighted by molar-refractivity contribution is -0.0472. The molecule has 0 aliphatic heterocycles. The molecule has 1 N–H and O–H groups in total. The molecule has 120 valence electrons. The fourth-order valence-corrected chi connectivity index (χ4v) is 3.18. The summed E-state index contributed by atoms with van der Waals surface area (Å²) >= 11 is 0. The molecule has 1 atom stereocenters. The normalized spacial score (nSPS) is 13.4. The van der Waals surface area contributed by atoms with Gasteiger partial charge in [-0.3, -0.25) is 0 Å². The second kappa shape index (κ2) is 8.55. The maximum Gasteiger partial charge on any atom is 0.0828 e. The molecule has 0 aromatic heterocycles. The molecule has 2 heteroatoms. The minimum Gasteiger partial charge on any atom is -0.377 e. The molecule has 21 heavy (non-hydrogen) atoms. The molecule has 1 rings (SSSR count). The van der Waals surface area contributed by atoms with Crippen LogP contribution in [0.25, 0.3) is 0 Å². The van der Waals surface area contributed by atoms with Crippen molar-refractivity contribution in [2.45, 2.75) is 71.9 Å². The van der Waals surface area contributed by atoms with Gasteiger partial charge in [0.2, 0.25) is 0 Å². The van der Waals surface area contributed by atoms with E-state index in [2.05, 4.69) is 58.1 Å². The van der Waals surface area contributed by atoms with E-state index in [9.17, 15) is 0 Å². The third-order valence-corrected chi connectivity index (χ3v) is 4.81. The van der Waals surface area contributed by atoms with Crippen LogP contribution in [0.3, 0.4) is 0 Å². The molecule has 0 saturated heterocycles. The highest BCUT2D eigenvalue weighted by atomic mass is 16.5. The Balaban J connectivity index is 3.04. The molecule has 1 unspecified atom stereocenters. The average Bonchev–Trinajstić information content (AvgIpc) is 2.50. The molecular formula is C19H33NO. The number of ether oxygens (including phenoxy) is 1. The molecular weight excluding hydrogens is 258 g/mol. The Labute approximate surface area is 131 Å². The zero-order chi connectivity index (χ0) is 15.9. The van der Waals surface area contributed by atoms with Gasteiger partial charge in [-0.05, 0) is 57.2 Å². The molecule has 0 aliphatic carbocycles. The zero-order valence-corrected chi connectivity index (χ0v) is 14.8. The molecule has 0 spiro atoms. The van der Waals surface area contributed by atoms with Gasteiger partial charge in [0.05, 0.1) is 5.60 Å². The summed E-state index contributed by atoms with van der Waals surface area (Å²) in [5, 5.41) is 3.73. The van der Waals surface area contributed by atoms with Gasteiger partial charge in [0.15, 0.2) is 0 Å². The van der Waals surface area contributed by atoms with Crippen molar-refractivity contribution in [2.75, 3.05) is 13.7 Å². The first kappa shape index (κ1) is 18.2. The van der Waals surface area contributed by atoms with Crippen LogP contribution in [0.15, 0.2) is 18.2 Å². The van der Waals surface area contributed by atoms with E-state index in [1.165, 1.54) is 16.7 Å². The lowest BCUT2D eigenvalue weighted by Gasteiger charge is -2.39. The van der Waals surface area contributed by atoms with Crippen molar-refractivity contribution in [2.24, 2.45) is 0 Å². The van der Waals surface area contributed by atoms with E-state index in [1.807, 2.05) is 7.11 Å². The van der Waals surface area contributed by atoms with Gasteiger partial charge >= 0.3 is 0 Å². The lowest BCUT2D eigenvalue weighted by Crippen LogP contribution is -2.53. The first-order valence-electron chi connectivity index (χ1n) is 8.37. The number of benzene rings is 1. The Hall–Kier alpha value is -0.860. The minimum absolute atomic E-state index is 0.0780. The summed E-state index contributed by atoms with van der Waals surface area (Å²) in [4.78, 5) is 0. The SMILES string of the molecule is CCCNC(Cc1cc(C)ccc1C)C(CC)(CC)OC. The highest BCUT2D eigenvalue weighted by Crippen LogP contribution is 2.27. The van der Waals surface area contributed by atoms with Gasteiger partial charge in [0, 0.05) is 13.2 Å². The summed E-state index contributed by atoms with van der Waals surface area (Å²) in [7, 11) is 1.86. The van der Waals surface area contributed by atoms with Gasteiger partial charge in [-0.25, -0.2) is 0 Å². The number of hydrogen-bond acceptors (Lipinski definition) is 2. The molecule has 0 saturated carbocycles. The molecule has 0 radical (unpaired) electrons. The third-order valence-electron chi connectivity index (χ3n) is 4.81. The summed E-state index contributed by atoms with van der Waals surface area (Å²) in [6, 6.07) is 7.10. The van der Waals surface area contributed by atoms with Crippen molar-refractivity contribution >= 4 is 0 Å². The van der Waals surface area contributed by atoms with Crippen molar-refractivity contribution in [3.63, 3.8) is 0 Å². The third kappa shape index (κ3) is 4.55. The predicted molar refractivity (Wildman–Crippen MR) is 92.0 cm³/mol. The Morgan fingerprint density at radius 2 is 1.81 bits per heavy atom. The molecule has 0 bridgehead atoms. The van der Waals surface area contributed by atoms with Crippen molar-refractivity contribution < 1.29 is 4.74 Å². The van der Waals surface area contributed by atoms with Crippen LogP contribution in [-0.2, 0) is 11.2 Å². The molecule has 0 amide bonds. The van der Waals surface area contributed by atoms with Crippen LogP contribution >= 0.6 is 0 Å². The lowest BCUT2D eigenvalue weighted by atomic mass is 9.83. The van der Waals surface area contributed by atoms with E-state index in [-0.39, 0.29) is 5.60 Å². The standard InChI is InChI=1S/C19H33NO/c1-7-12-20-18(19(8-2,9-3)21-6)14-17-13-15(4)10-11-16(17)5/h10-11,13,18,20H,7-9,12,14H2,1-6H3. The van der Waals surface area contributed by atoms with Gasteiger partial charge in [0.1, 0.15) is 0 Å². The van der Waals surface area contributed by atoms with E-state index in [0.717, 1.165) is 32.2 Å². The topological polar surface area (TPSA) is 21.3 Å². The van der Waals surface area contributed by atoms with Crippen molar-refractivity contribution in [1.82, 2.24) is 5.32 Å². The Morgan fingerprint density at radius 1 is 1.14 bits per heavy atom. The summed E-state index contributed by atoms with van der Waals surface area (Å²) in [6.45, 7) is 12.1. The minimum atomic E-state index is -0.0780. The van der Waals surface area contributed by atoms with Crippen molar-refractivity contribution in [3.8, 4) is 0 Å². The summed E-state index contributed by atoms with van der Waals surface area (Å²) in [5.41, 5.74) is 4.07. The van der Waals surface area contributed by atoms with Gasteiger partial charge in [-0.2, -0.15) is 0 Å². The Morgan fingerprint density at radius 3 is 2.33 bits per heavy atom. The van der Waals surface area contributed by atoms with Gasteiger partial charge in [-0.1, -0.05) is 44.5 Å². The van der Waals surface area contributed by atoms with Crippen LogP contribution in [0.2, 0.25) is 0 Å². The summed E-state index contributed by atoms with van der Waals surface area (Å²) < 4.78 is 5.98.